The van der Waals surface area contributed by atoms with E-state index in [1.54, 1.807) is 29.3 Å². The molecule has 0 aromatic carbocycles. The average molecular weight is 415 g/mol. The van der Waals surface area contributed by atoms with Gasteiger partial charge in [0.15, 0.2) is 5.16 Å². The van der Waals surface area contributed by atoms with Crippen LogP contribution in [0.4, 0.5) is 0 Å². The standard InChI is InChI=1S/C21H26N4OS2/c1-24(2)11-6-12-25-20(26)18-16-8-3-4-9-17(16)28-19(18)23-21(25)27-14-15-7-5-10-22-13-15/h5,7,10,13H,3-4,6,8-9,11-12,14H2,1-2H3. The van der Waals surface area contributed by atoms with E-state index in [9.17, 15) is 4.79 Å². The van der Waals surface area contributed by atoms with E-state index in [1.807, 2.05) is 16.8 Å². The van der Waals surface area contributed by atoms with E-state index in [2.05, 4.69) is 30.0 Å². The number of nitrogens with zero attached hydrogens (tertiary/aromatic N) is 4. The summed E-state index contributed by atoms with van der Waals surface area (Å²) in [7, 11) is 4.13. The highest BCUT2D eigenvalue weighted by Gasteiger charge is 2.22. The fourth-order valence-electron chi connectivity index (χ4n) is 3.70. The van der Waals surface area contributed by atoms with Gasteiger partial charge in [0, 0.05) is 29.6 Å². The third kappa shape index (κ3) is 4.16. The van der Waals surface area contributed by atoms with Crippen LogP contribution in [0.5, 0.6) is 0 Å². The molecule has 0 fully saturated rings. The SMILES string of the molecule is CN(C)CCCn1c(SCc2cccnc2)nc2sc3c(c2c1=O)CCCC3. The molecule has 0 N–H and O–H groups in total. The van der Waals surface area contributed by atoms with Crippen molar-refractivity contribution < 1.29 is 0 Å². The number of thiophene rings is 1. The topological polar surface area (TPSA) is 51.0 Å². The zero-order valence-electron chi connectivity index (χ0n) is 16.5. The Morgan fingerprint density at radius 1 is 1.29 bits per heavy atom. The molecule has 0 atom stereocenters. The molecule has 3 aromatic heterocycles. The van der Waals surface area contributed by atoms with E-state index in [0.29, 0.717) is 6.54 Å². The number of thioether (sulfide) groups is 1. The van der Waals surface area contributed by atoms with E-state index < -0.39 is 0 Å². The Hall–Kier alpha value is -1.70. The van der Waals surface area contributed by atoms with Crippen molar-refractivity contribution in [2.45, 2.75) is 49.6 Å². The van der Waals surface area contributed by atoms with Crippen LogP contribution in [-0.2, 0) is 25.1 Å². The average Bonchev–Trinajstić information content (AvgIpc) is 3.07. The smallest absolute Gasteiger partial charge is 0.263 e. The summed E-state index contributed by atoms with van der Waals surface area (Å²) in [5.74, 6) is 0.768. The predicted octanol–water partition coefficient (Wildman–Crippen LogP) is 3.98. The first kappa shape index (κ1) is 19.6. The number of hydrogen-bond donors (Lipinski definition) is 0. The van der Waals surface area contributed by atoms with Crippen molar-refractivity contribution in [2.75, 3.05) is 20.6 Å². The van der Waals surface area contributed by atoms with Crippen molar-refractivity contribution in [3.8, 4) is 0 Å². The molecule has 0 aliphatic heterocycles. The van der Waals surface area contributed by atoms with Gasteiger partial charge < -0.3 is 4.90 Å². The predicted molar refractivity (Wildman–Crippen MR) is 117 cm³/mol. The van der Waals surface area contributed by atoms with Gasteiger partial charge in [-0.1, -0.05) is 17.8 Å². The molecule has 0 bridgehead atoms. The second-order valence-corrected chi connectivity index (χ2v) is 9.58. The molecule has 0 radical (unpaired) electrons. The number of rotatable bonds is 7. The highest BCUT2D eigenvalue weighted by Crippen LogP contribution is 2.35. The van der Waals surface area contributed by atoms with Crippen LogP contribution in [0.1, 0.15) is 35.3 Å². The normalized spacial score (nSPS) is 14.0. The zero-order valence-corrected chi connectivity index (χ0v) is 18.1. The summed E-state index contributed by atoms with van der Waals surface area (Å²) in [6.07, 6.45) is 9.11. The van der Waals surface area contributed by atoms with Crippen molar-refractivity contribution in [3.63, 3.8) is 0 Å². The van der Waals surface area contributed by atoms with Crippen LogP contribution in [-0.4, -0.2) is 40.1 Å². The Morgan fingerprint density at radius 2 is 2.14 bits per heavy atom. The number of aromatic nitrogens is 3. The van der Waals surface area contributed by atoms with Gasteiger partial charge in [-0.25, -0.2) is 4.98 Å². The molecule has 4 rings (SSSR count). The molecule has 148 valence electrons. The maximum absolute atomic E-state index is 13.5. The van der Waals surface area contributed by atoms with Gasteiger partial charge in [-0.15, -0.1) is 11.3 Å². The Balaban J connectivity index is 1.71. The van der Waals surface area contributed by atoms with Gasteiger partial charge in [0.25, 0.3) is 5.56 Å². The lowest BCUT2D eigenvalue weighted by atomic mass is 9.97. The molecule has 3 aromatic rings. The summed E-state index contributed by atoms with van der Waals surface area (Å²) in [5, 5.41) is 1.72. The van der Waals surface area contributed by atoms with Crippen molar-refractivity contribution in [3.05, 3.63) is 50.9 Å². The molecule has 5 nitrogen and oxygen atoms in total. The summed E-state index contributed by atoms with van der Waals surface area (Å²) in [6, 6.07) is 4.01. The number of pyridine rings is 1. The number of aryl methyl sites for hydroxylation is 2. The summed E-state index contributed by atoms with van der Waals surface area (Å²) >= 11 is 3.37. The quantitative estimate of drug-likeness (QED) is 0.432. The lowest BCUT2D eigenvalue weighted by Crippen LogP contribution is -2.25. The molecule has 0 saturated carbocycles. The van der Waals surface area contributed by atoms with Crippen LogP contribution >= 0.6 is 23.1 Å². The molecule has 3 heterocycles. The summed E-state index contributed by atoms with van der Waals surface area (Å²) in [5.41, 5.74) is 2.57. The zero-order chi connectivity index (χ0) is 19.5. The van der Waals surface area contributed by atoms with E-state index in [0.717, 1.165) is 52.5 Å². The first-order valence-corrected chi connectivity index (χ1v) is 11.6. The van der Waals surface area contributed by atoms with Gasteiger partial charge >= 0.3 is 0 Å². The fourth-order valence-corrected chi connectivity index (χ4v) is 5.97. The van der Waals surface area contributed by atoms with Crippen molar-refractivity contribution >= 4 is 33.3 Å². The monoisotopic (exact) mass is 414 g/mol. The first-order valence-electron chi connectivity index (χ1n) is 9.85. The minimum Gasteiger partial charge on any atom is -0.309 e. The van der Waals surface area contributed by atoms with Crippen LogP contribution < -0.4 is 5.56 Å². The molecule has 0 amide bonds. The van der Waals surface area contributed by atoms with Gasteiger partial charge in [0.1, 0.15) is 4.83 Å². The van der Waals surface area contributed by atoms with Crippen molar-refractivity contribution in [1.29, 1.82) is 0 Å². The third-order valence-electron chi connectivity index (χ3n) is 5.12. The van der Waals surface area contributed by atoms with Crippen LogP contribution in [0.25, 0.3) is 10.2 Å². The second-order valence-electron chi connectivity index (χ2n) is 7.55. The molecule has 28 heavy (non-hydrogen) atoms. The fraction of sp³-hybridized carbons (Fsp3) is 0.476. The maximum Gasteiger partial charge on any atom is 0.263 e. The minimum atomic E-state index is 0.150. The van der Waals surface area contributed by atoms with Crippen LogP contribution in [0.15, 0.2) is 34.5 Å². The molecule has 0 unspecified atom stereocenters. The highest BCUT2D eigenvalue weighted by molar-refractivity contribution is 7.98. The van der Waals surface area contributed by atoms with Crippen LogP contribution in [0.3, 0.4) is 0 Å². The van der Waals surface area contributed by atoms with Crippen molar-refractivity contribution in [2.24, 2.45) is 0 Å². The van der Waals surface area contributed by atoms with E-state index in [4.69, 9.17) is 4.98 Å². The van der Waals surface area contributed by atoms with Crippen molar-refractivity contribution in [1.82, 2.24) is 19.4 Å². The minimum absolute atomic E-state index is 0.150. The van der Waals surface area contributed by atoms with Gasteiger partial charge in [0.05, 0.1) is 5.39 Å². The Labute approximate surface area is 173 Å². The summed E-state index contributed by atoms with van der Waals surface area (Å²) in [6.45, 7) is 1.67. The largest absolute Gasteiger partial charge is 0.309 e. The molecule has 7 heteroatoms. The van der Waals surface area contributed by atoms with Crippen LogP contribution in [0, 0.1) is 0 Å². The molecule has 1 aliphatic rings. The molecular formula is C21H26N4OS2. The maximum atomic E-state index is 13.5. The first-order chi connectivity index (χ1) is 13.6. The highest BCUT2D eigenvalue weighted by atomic mass is 32.2. The molecule has 0 saturated heterocycles. The van der Waals surface area contributed by atoms with Gasteiger partial charge in [-0.2, -0.15) is 0 Å². The third-order valence-corrected chi connectivity index (χ3v) is 7.35. The van der Waals surface area contributed by atoms with E-state index >= 15 is 0 Å². The van der Waals surface area contributed by atoms with Crippen LogP contribution in [0.2, 0.25) is 0 Å². The van der Waals surface area contributed by atoms with Gasteiger partial charge in [0.2, 0.25) is 0 Å². The van der Waals surface area contributed by atoms with E-state index in [1.165, 1.54) is 23.3 Å². The summed E-state index contributed by atoms with van der Waals surface area (Å²) in [4.78, 5) is 27.1. The molecule has 0 spiro atoms. The van der Waals surface area contributed by atoms with E-state index in [-0.39, 0.29) is 5.56 Å². The van der Waals surface area contributed by atoms with Gasteiger partial charge in [-0.05, 0) is 69.9 Å². The molecule has 1 aliphatic carbocycles. The second kappa shape index (κ2) is 8.76. The Morgan fingerprint density at radius 3 is 2.93 bits per heavy atom. The lowest BCUT2D eigenvalue weighted by Gasteiger charge is -2.15. The lowest BCUT2D eigenvalue weighted by molar-refractivity contribution is 0.379. The van der Waals surface area contributed by atoms with Gasteiger partial charge in [-0.3, -0.25) is 14.3 Å². The number of hydrogen-bond acceptors (Lipinski definition) is 6. The number of fused-ring (bicyclic) bond motifs is 3. The Kier molecular flexibility index (Phi) is 6.13. The summed E-state index contributed by atoms with van der Waals surface area (Å²) < 4.78 is 1.91. The Bertz CT molecular complexity index is 1010. The molecular weight excluding hydrogens is 388 g/mol.